The predicted octanol–water partition coefficient (Wildman–Crippen LogP) is 2.67. The Morgan fingerprint density at radius 3 is 2.54 bits per heavy atom. The van der Waals surface area contributed by atoms with Crippen molar-refractivity contribution in [2.24, 2.45) is 18.4 Å². The summed E-state index contributed by atoms with van der Waals surface area (Å²) < 4.78 is 20.5. The van der Waals surface area contributed by atoms with E-state index in [1.807, 2.05) is 19.3 Å². The van der Waals surface area contributed by atoms with Crippen molar-refractivity contribution >= 4 is 17.5 Å². The van der Waals surface area contributed by atoms with Gasteiger partial charge in [0, 0.05) is 50.7 Å². The lowest BCUT2D eigenvalue weighted by Crippen LogP contribution is -2.42. The molecule has 2 aromatic rings. The largest absolute Gasteiger partial charge is 0.381 e. The molecule has 1 unspecified atom stereocenters. The van der Waals surface area contributed by atoms with Gasteiger partial charge in [-0.1, -0.05) is 0 Å². The van der Waals surface area contributed by atoms with Gasteiger partial charge in [0.25, 0.3) is 5.91 Å². The number of hydrogen-bond donors (Lipinski definition) is 1. The summed E-state index contributed by atoms with van der Waals surface area (Å²) in [7, 11) is 1.84. The molecule has 0 aliphatic carbocycles. The van der Waals surface area contributed by atoms with Crippen molar-refractivity contribution in [1.29, 1.82) is 0 Å². The highest BCUT2D eigenvalue weighted by atomic mass is 19.1. The molecule has 4 rings (SSSR count). The Bertz CT molecular complexity index is 871. The number of aryl methyl sites for hydroxylation is 1. The van der Waals surface area contributed by atoms with Gasteiger partial charge in [-0.05, 0) is 49.2 Å². The highest BCUT2D eigenvalue weighted by Crippen LogP contribution is 2.45. The molecule has 2 fully saturated rings. The van der Waals surface area contributed by atoms with Crippen molar-refractivity contribution in [1.82, 2.24) is 9.47 Å². The van der Waals surface area contributed by atoms with Gasteiger partial charge in [0.1, 0.15) is 11.5 Å². The van der Waals surface area contributed by atoms with E-state index in [1.165, 1.54) is 12.1 Å². The number of ether oxygens (including phenoxy) is 1. The molecule has 0 radical (unpaired) electrons. The maximum atomic E-state index is 13.1. The zero-order valence-corrected chi connectivity index (χ0v) is 15.9. The minimum Gasteiger partial charge on any atom is -0.381 e. The van der Waals surface area contributed by atoms with Crippen LogP contribution in [-0.4, -0.2) is 47.6 Å². The third kappa shape index (κ3) is 3.42. The maximum absolute atomic E-state index is 13.1. The number of hydrogen-bond acceptors (Lipinski definition) is 3. The number of rotatable bonds is 3. The molecule has 1 atom stereocenters. The Balaban J connectivity index is 1.56. The highest BCUT2D eigenvalue weighted by Gasteiger charge is 2.52. The number of nitrogens with one attached hydrogen (secondary N) is 1. The normalized spacial score (nSPS) is 21.1. The summed E-state index contributed by atoms with van der Waals surface area (Å²) in [6.07, 6.45) is 3.32. The second-order valence-electron chi connectivity index (χ2n) is 7.71. The van der Waals surface area contributed by atoms with Crippen LogP contribution in [0, 0.1) is 17.2 Å². The lowest BCUT2D eigenvalue weighted by atomic mass is 9.71. The van der Waals surface area contributed by atoms with Crippen molar-refractivity contribution in [3.63, 3.8) is 0 Å². The van der Waals surface area contributed by atoms with Gasteiger partial charge in [-0.3, -0.25) is 9.59 Å². The zero-order chi connectivity index (χ0) is 19.7. The molecule has 1 N–H and O–H groups in total. The van der Waals surface area contributed by atoms with Crippen LogP contribution in [-0.2, 0) is 16.6 Å². The number of aromatic nitrogens is 1. The van der Waals surface area contributed by atoms with Crippen LogP contribution in [0.5, 0.6) is 0 Å². The molecular formula is C21H24FN3O3. The molecule has 2 aliphatic heterocycles. The van der Waals surface area contributed by atoms with Gasteiger partial charge in [0.05, 0.1) is 5.92 Å². The van der Waals surface area contributed by atoms with E-state index in [1.54, 1.807) is 27.7 Å². The van der Waals surface area contributed by atoms with E-state index in [2.05, 4.69) is 5.32 Å². The van der Waals surface area contributed by atoms with Gasteiger partial charge in [-0.25, -0.2) is 4.39 Å². The van der Waals surface area contributed by atoms with Crippen LogP contribution in [0.25, 0.3) is 0 Å². The number of nitrogens with zero attached hydrogens (tertiary/aromatic N) is 2. The Morgan fingerprint density at radius 1 is 1.18 bits per heavy atom. The van der Waals surface area contributed by atoms with Crippen molar-refractivity contribution < 1.29 is 18.7 Å². The molecular weight excluding hydrogens is 361 g/mol. The Morgan fingerprint density at radius 2 is 1.89 bits per heavy atom. The maximum Gasteiger partial charge on any atom is 0.270 e. The first-order valence-electron chi connectivity index (χ1n) is 9.53. The number of carbonyl (C=O) groups excluding carboxylic acids is 2. The fraction of sp³-hybridized carbons (Fsp3) is 0.429. The van der Waals surface area contributed by atoms with Crippen molar-refractivity contribution in [2.75, 3.05) is 31.6 Å². The SMILES string of the molecule is Cn1cccc1C(=O)N1CC(C(=O)Nc2ccc(F)cc2)C2(CCOCC2)C1. The first-order valence-corrected chi connectivity index (χ1v) is 9.53. The summed E-state index contributed by atoms with van der Waals surface area (Å²) >= 11 is 0. The molecule has 3 heterocycles. The lowest BCUT2D eigenvalue weighted by Gasteiger charge is -2.37. The standard InChI is InChI=1S/C21H24FN3O3/c1-24-10-2-3-18(24)20(27)25-13-17(21(14-25)8-11-28-12-9-21)19(26)23-16-6-4-15(22)5-7-16/h2-7,10,17H,8-9,11-14H2,1H3,(H,23,26). The quantitative estimate of drug-likeness (QED) is 0.884. The van der Waals surface area contributed by atoms with Crippen molar-refractivity contribution in [3.05, 3.63) is 54.1 Å². The summed E-state index contributed by atoms with van der Waals surface area (Å²) in [5.41, 5.74) is 0.881. The fourth-order valence-corrected chi connectivity index (χ4v) is 4.38. The molecule has 0 bridgehead atoms. The third-order valence-electron chi connectivity index (χ3n) is 6.01. The van der Waals surface area contributed by atoms with Crippen LogP contribution in [0.2, 0.25) is 0 Å². The number of likely N-dealkylation sites (tertiary alicyclic amines) is 1. The Hall–Kier alpha value is -2.67. The topological polar surface area (TPSA) is 63.6 Å². The number of carbonyl (C=O) groups is 2. The van der Waals surface area contributed by atoms with Crippen molar-refractivity contribution in [2.45, 2.75) is 12.8 Å². The average molecular weight is 385 g/mol. The molecule has 6 nitrogen and oxygen atoms in total. The number of halogens is 1. The molecule has 2 aliphatic rings. The number of amides is 2. The van der Waals surface area contributed by atoms with Gasteiger partial charge in [0.15, 0.2) is 0 Å². The predicted molar refractivity (Wildman–Crippen MR) is 102 cm³/mol. The van der Waals surface area contributed by atoms with Gasteiger partial charge < -0.3 is 19.5 Å². The van der Waals surface area contributed by atoms with Crippen LogP contribution >= 0.6 is 0 Å². The van der Waals surface area contributed by atoms with Gasteiger partial charge >= 0.3 is 0 Å². The van der Waals surface area contributed by atoms with Crippen molar-refractivity contribution in [3.8, 4) is 0 Å². The molecule has 1 aromatic carbocycles. The third-order valence-corrected chi connectivity index (χ3v) is 6.01. The molecule has 148 valence electrons. The molecule has 1 aromatic heterocycles. The monoisotopic (exact) mass is 385 g/mol. The first kappa shape index (κ1) is 18.7. The number of benzene rings is 1. The second kappa shape index (κ2) is 7.39. The molecule has 0 saturated carbocycles. The van der Waals surface area contributed by atoms with E-state index in [0.717, 1.165) is 12.8 Å². The Kier molecular flexibility index (Phi) is 4.93. The molecule has 7 heteroatoms. The highest BCUT2D eigenvalue weighted by molar-refractivity contribution is 5.96. The van der Waals surface area contributed by atoms with Crippen LogP contribution in [0.3, 0.4) is 0 Å². The molecule has 28 heavy (non-hydrogen) atoms. The average Bonchev–Trinajstić information content (AvgIpc) is 3.28. The van der Waals surface area contributed by atoms with Gasteiger partial charge in [-0.15, -0.1) is 0 Å². The molecule has 2 saturated heterocycles. The summed E-state index contributed by atoms with van der Waals surface area (Å²) in [6.45, 7) is 2.10. The van der Waals surface area contributed by atoms with E-state index in [9.17, 15) is 14.0 Å². The van der Waals surface area contributed by atoms with E-state index in [0.29, 0.717) is 37.7 Å². The number of anilines is 1. The minimum absolute atomic E-state index is 0.0598. The first-order chi connectivity index (χ1) is 13.5. The van der Waals surface area contributed by atoms with E-state index >= 15 is 0 Å². The fourth-order valence-electron chi connectivity index (χ4n) is 4.38. The zero-order valence-electron chi connectivity index (χ0n) is 15.9. The summed E-state index contributed by atoms with van der Waals surface area (Å²) in [5, 5.41) is 2.90. The summed E-state index contributed by atoms with van der Waals surface area (Å²) in [4.78, 5) is 27.9. The minimum atomic E-state index is -0.348. The summed E-state index contributed by atoms with van der Waals surface area (Å²) in [5.74, 6) is -0.865. The van der Waals surface area contributed by atoms with Gasteiger partial charge in [-0.2, -0.15) is 0 Å². The second-order valence-corrected chi connectivity index (χ2v) is 7.71. The van der Waals surface area contributed by atoms with Crippen LogP contribution in [0.4, 0.5) is 10.1 Å². The van der Waals surface area contributed by atoms with Crippen LogP contribution in [0.15, 0.2) is 42.6 Å². The van der Waals surface area contributed by atoms with E-state index in [-0.39, 0.29) is 29.0 Å². The Labute approximate surface area is 163 Å². The summed E-state index contributed by atoms with van der Waals surface area (Å²) in [6, 6.07) is 9.37. The van der Waals surface area contributed by atoms with Gasteiger partial charge in [0.2, 0.25) is 5.91 Å². The van der Waals surface area contributed by atoms with E-state index in [4.69, 9.17) is 4.74 Å². The molecule has 2 amide bonds. The lowest BCUT2D eigenvalue weighted by molar-refractivity contribution is -0.124. The van der Waals surface area contributed by atoms with E-state index < -0.39 is 0 Å². The molecule has 1 spiro atoms. The smallest absolute Gasteiger partial charge is 0.270 e. The van der Waals surface area contributed by atoms with Crippen LogP contribution in [0.1, 0.15) is 23.3 Å². The van der Waals surface area contributed by atoms with Crippen LogP contribution < -0.4 is 5.32 Å².